The van der Waals surface area contributed by atoms with Crippen LogP contribution in [0.1, 0.15) is 35.2 Å². The van der Waals surface area contributed by atoms with Crippen molar-refractivity contribution in [1.29, 1.82) is 0 Å². The number of carbonyl (C=O) groups excluding carboxylic acids is 1. The summed E-state index contributed by atoms with van der Waals surface area (Å²) in [6.07, 6.45) is 2.87. The first-order chi connectivity index (χ1) is 11.1. The smallest absolute Gasteiger partial charge is 0.199 e. The molecule has 0 saturated carbocycles. The average molecular weight is 351 g/mol. The molecule has 0 aromatic heterocycles. The summed E-state index contributed by atoms with van der Waals surface area (Å²) in [5, 5.41) is 0.863. The number of hydrogen-bond acceptors (Lipinski definition) is 3. The summed E-state index contributed by atoms with van der Waals surface area (Å²) in [7, 11) is 0. The van der Waals surface area contributed by atoms with Gasteiger partial charge < -0.3 is 9.47 Å². The highest BCUT2D eigenvalue weighted by atomic mass is 35.5. The van der Waals surface area contributed by atoms with Gasteiger partial charge in [0.2, 0.25) is 0 Å². The molecule has 1 atom stereocenters. The van der Waals surface area contributed by atoms with Gasteiger partial charge in [0.05, 0.1) is 11.6 Å². The number of rotatable bonds is 4. The Balaban J connectivity index is 1.73. The van der Waals surface area contributed by atoms with Crippen LogP contribution in [0.15, 0.2) is 42.5 Å². The highest BCUT2D eigenvalue weighted by Crippen LogP contribution is 2.25. The van der Waals surface area contributed by atoms with E-state index < -0.39 is 0 Å². The van der Waals surface area contributed by atoms with Crippen LogP contribution in [0.3, 0.4) is 0 Å². The number of ketones is 1. The van der Waals surface area contributed by atoms with E-state index in [0.29, 0.717) is 26.9 Å². The van der Waals surface area contributed by atoms with E-state index >= 15 is 0 Å². The van der Waals surface area contributed by atoms with Crippen molar-refractivity contribution < 1.29 is 14.3 Å². The fourth-order valence-electron chi connectivity index (χ4n) is 2.47. The summed E-state index contributed by atoms with van der Waals surface area (Å²) < 4.78 is 11.3. The van der Waals surface area contributed by atoms with Crippen LogP contribution in [0.2, 0.25) is 10.0 Å². The van der Waals surface area contributed by atoms with Crippen molar-refractivity contribution in [2.75, 3.05) is 6.61 Å². The molecule has 1 aliphatic heterocycles. The van der Waals surface area contributed by atoms with Gasteiger partial charge >= 0.3 is 0 Å². The van der Waals surface area contributed by atoms with Crippen molar-refractivity contribution in [3.05, 3.63) is 63.6 Å². The topological polar surface area (TPSA) is 35.5 Å². The van der Waals surface area contributed by atoms with E-state index in [4.69, 9.17) is 32.7 Å². The van der Waals surface area contributed by atoms with Gasteiger partial charge in [0, 0.05) is 22.6 Å². The quantitative estimate of drug-likeness (QED) is 0.717. The van der Waals surface area contributed by atoms with E-state index in [0.717, 1.165) is 25.9 Å². The maximum Gasteiger partial charge on any atom is 0.199 e. The van der Waals surface area contributed by atoms with Gasteiger partial charge in [0.15, 0.2) is 12.1 Å². The number of carbonyl (C=O) groups is 1. The van der Waals surface area contributed by atoms with Crippen molar-refractivity contribution in [2.45, 2.75) is 25.6 Å². The molecule has 0 N–H and O–H groups in total. The standard InChI is InChI=1S/C18H16Cl2O3/c19-13-6-9-16(20)15(11-13)18(21)12-4-7-14(8-5-12)23-17-3-1-2-10-22-17/h4-9,11,17H,1-3,10H2. The Morgan fingerprint density at radius 3 is 2.57 bits per heavy atom. The molecule has 2 aromatic rings. The summed E-state index contributed by atoms with van der Waals surface area (Å²) in [5.41, 5.74) is 0.925. The molecule has 1 fully saturated rings. The molecule has 1 saturated heterocycles. The first-order valence-corrected chi connectivity index (χ1v) is 8.27. The largest absolute Gasteiger partial charge is 0.465 e. The van der Waals surface area contributed by atoms with Crippen LogP contribution in [0.25, 0.3) is 0 Å². The molecule has 0 amide bonds. The van der Waals surface area contributed by atoms with Gasteiger partial charge in [-0.3, -0.25) is 4.79 Å². The molecule has 1 unspecified atom stereocenters. The maximum atomic E-state index is 12.5. The van der Waals surface area contributed by atoms with Gasteiger partial charge in [-0.05, 0) is 55.3 Å². The number of benzene rings is 2. The predicted octanol–water partition coefficient (Wildman–Crippen LogP) is 5.13. The average Bonchev–Trinajstić information content (AvgIpc) is 2.58. The van der Waals surface area contributed by atoms with Crippen molar-refractivity contribution >= 4 is 29.0 Å². The fourth-order valence-corrected chi connectivity index (χ4v) is 2.84. The van der Waals surface area contributed by atoms with E-state index in [1.165, 1.54) is 0 Å². The summed E-state index contributed by atoms with van der Waals surface area (Å²) in [6, 6.07) is 11.8. The fraction of sp³-hybridized carbons (Fsp3) is 0.278. The van der Waals surface area contributed by atoms with Gasteiger partial charge in [-0.1, -0.05) is 23.2 Å². The lowest BCUT2D eigenvalue weighted by Gasteiger charge is -2.23. The third-order valence-electron chi connectivity index (χ3n) is 3.69. The molecule has 1 heterocycles. The minimum Gasteiger partial charge on any atom is -0.465 e. The zero-order valence-corrected chi connectivity index (χ0v) is 13.9. The normalized spacial score (nSPS) is 17.7. The van der Waals surface area contributed by atoms with Gasteiger partial charge in [0.1, 0.15) is 5.75 Å². The minimum atomic E-state index is -0.201. The summed E-state index contributed by atoms with van der Waals surface area (Å²) in [5.74, 6) is 0.517. The first kappa shape index (κ1) is 16.3. The summed E-state index contributed by atoms with van der Waals surface area (Å²) >= 11 is 12.0. The molecule has 2 aromatic carbocycles. The highest BCUT2D eigenvalue weighted by Gasteiger charge is 2.16. The minimum absolute atomic E-state index is 0.169. The van der Waals surface area contributed by atoms with Crippen LogP contribution in [0.4, 0.5) is 0 Å². The molecule has 0 spiro atoms. The van der Waals surface area contributed by atoms with Crippen molar-refractivity contribution in [2.24, 2.45) is 0 Å². The van der Waals surface area contributed by atoms with E-state index in [1.807, 2.05) is 0 Å². The number of hydrogen-bond donors (Lipinski definition) is 0. The van der Waals surface area contributed by atoms with Crippen molar-refractivity contribution in [1.82, 2.24) is 0 Å². The second kappa shape index (κ2) is 7.35. The Morgan fingerprint density at radius 2 is 1.87 bits per heavy atom. The van der Waals surface area contributed by atoms with Crippen molar-refractivity contribution in [3.63, 3.8) is 0 Å². The molecule has 23 heavy (non-hydrogen) atoms. The number of ether oxygens (including phenoxy) is 2. The molecular formula is C18H16Cl2O3. The zero-order valence-electron chi connectivity index (χ0n) is 12.4. The Kier molecular flexibility index (Phi) is 5.21. The van der Waals surface area contributed by atoms with E-state index in [9.17, 15) is 4.79 Å². The van der Waals surface area contributed by atoms with Gasteiger partial charge in [0.25, 0.3) is 0 Å². The number of halogens is 2. The van der Waals surface area contributed by atoms with Crippen LogP contribution >= 0.6 is 23.2 Å². The lowest BCUT2D eigenvalue weighted by atomic mass is 10.0. The Hall–Kier alpha value is -1.55. The van der Waals surface area contributed by atoms with Gasteiger partial charge in [-0.25, -0.2) is 0 Å². The van der Waals surface area contributed by atoms with E-state index in [-0.39, 0.29) is 12.1 Å². The second-order valence-electron chi connectivity index (χ2n) is 5.39. The third kappa shape index (κ3) is 4.05. The lowest BCUT2D eigenvalue weighted by Crippen LogP contribution is -2.24. The van der Waals surface area contributed by atoms with Gasteiger partial charge in [-0.15, -0.1) is 0 Å². The van der Waals surface area contributed by atoms with Crippen molar-refractivity contribution in [3.8, 4) is 5.75 Å². The zero-order chi connectivity index (χ0) is 16.2. The molecule has 0 bridgehead atoms. The molecule has 5 heteroatoms. The summed E-state index contributed by atoms with van der Waals surface area (Å²) in [4.78, 5) is 12.5. The van der Waals surface area contributed by atoms with Gasteiger partial charge in [-0.2, -0.15) is 0 Å². The Bertz CT molecular complexity index is 692. The predicted molar refractivity (Wildman–Crippen MR) is 90.6 cm³/mol. The third-order valence-corrected chi connectivity index (χ3v) is 4.26. The monoisotopic (exact) mass is 350 g/mol. The molecule has 3 rings (SSSR count). The molecular weight excluding hydrogens is 335 g/mol. The molecule has 3 nitrogen and oxygen atoms in total. The lowest BCUT2D eigenvalue weighted by molar-refractivity contribution is -0.105. The highest BCUT2D eigenvalue weighted by molar-refractivity contribution is 6.36. The second-order valence-corrected chi connectivity index (χ2v) is 6.24. The van der Waals surface area contributed by atoms with Crippen LogP contribution in [0, 0.1) is 0 Å². The summed E-state index contributed by atoms with van der Waals surface area (Å²) in [6.45, 7) is 0.731. The van der Waals surface area contributed by atoms with Crippen LogP contribution in [-0.2, 0) is 4.74 Å². The Labute approximate surface area is 145 Å². The molecule has 0 radical (unpaired) electrons. The van der Waals surface area contributed by atoms with E-state index in [1.54, 1.807) is 42.5 Å². The Morgan fingerprint density at radius 1 is 1.09 bits per heavy atom. The molecule has 1 aliphatic rings. The maximum absolute atomic E-state index is 12.5. The SMILES string of the molecule is O=C(c1ccc(OC2CCCCO2)cc1)c1cc(Cl)ccc1Cl. The van der Waals surface area contributed by atoms with E-state index in [2.05, 4.69) is 0 Å². The molecule has 120 valence electrons. The van der Waals surface area contributed by atoms with Crippen LogP contribution in [0.5, 0.6) is 5.75 Å². The van der Waals surface area contributed by atoms with Crippen LogP contribution in [-0.4, -0.2) is 18.7 Å². The van der Waals surface area contributed by atoms with Crippen LogP contribution < -0.4 is 4.74 Å². The molecule has 0 aliphatic carbocycles. The first-order valence-electron chi connectivity index (χ1n) is 7.51.